The number of hydrogen-bond donors (Lipinski definition) is 0. The zero-order valence-corrected chi connectivity index (χ0v) is 11.2. The largest absolute Gasteiger partial charge is 0.337 e. The molecule has 18 heavy (non-hydrogen) atoms. The molecule has 4 nitrogen and oxygen atoms in total. The number of carbonyl (C=O) groups excluding carboxylic acids is 1. The highest BCUT2D eigenvalue weighted by Crippen LogP contribution is 2.09. The Labute approximate surface area is 108 Å². The maximum atomic E-state index is 12.3. The molecule has 1 amide bonds. The third-order valence-corrected chi connectivity index (χ3v) is 2.70. The molecule has 96 valence electrons. The number of rotatable bonds is 5. The molecule has 0 fully saturated rings. The Morgan fingerprint density at radius 3 is 2.39 bits per heavy atom. The Hall–Kier alpha value is -1.89. The molecule has 0 saturated heterocycles. The van der Waals surface area contributed by atoms with Crippen LogP contribution in [0.3, 0.4) is 0 Å². The minimum absolute atomic E-state index is 0.0497. The second-order valence-electron chi connectivity index (χ2n) is 4.23. The van der Waals surface area contributed by atoms with Gasteiger partial charge in [-0.3, -0.25) is 4.79 Å². The predicted molar refractivity (Wildman–Crippen MR) is 70.2 cm³/mol. The van der Waals surface area contributed by atoms with Gasteiger partial charge in [-0.2, -0.15) is 5.26 Å². The van der Waals surface area contributed by atoms with Crippen LogP contribution in [0.4, 0.5) is 0 Å². The van der Waals surface area contributed by atoms with Crippen molar-refractivity contribution in [3.05, 3.63) is 29.1 Å². The van der Waals surface area contributed by atoms with Crippen molar-refractivity contribution in [1.29, 1.82) is 5.26 Å². The molecule has 0 radical (unpaired) electrons. The van der Waals surface area contributed by atoms with Crippen molar-refractivity contribution in [2.24, 2.45) is 0 Å². The smallest absolute Gasteiger partial charge is 0.272 e. The average Bonchev–Trinajstić information content (AvgIpc) is 2.37. The van der Waals surface area contributed by atoms with Gasteiger partial charge in [0.25, 0.3) is 5.91 Å². The Kier molecular flexibility index (Phi) is 5.31. The zero-order chi connectivity index (χ0) is 13.5. The number of aromatic nitrogens is 1. The summed E-state index contributed by atoms with van der Waals surface area (Å²) >= 11 is 0. The maximum absolute atomic E-state index is 12.3. The third-order valence-electron chi connectivity index (χ3n) is 2.70. The molecule has 1 rings (SSSR count). The summed E-state index contributed by atoms with van der Waals surface area (Å²) in [5, 5.41) is 8.84. The molecule has 0 atom stereocenters. The molecule has 1 aromatic rings. The minimum Gasteiger partial charge on any atom is -0.337 e. The van der Waals surface area contributed by atoms with E-state index in [0.29, 0.717) is 17.0 Å². The summed E-state index contributed by atoms with van der Waals surface area (Å²) in [6, 6.07) is 5.34. The SMILES string of the molecule is CCCN(CCC)C(=O)c1ccc(C#N)c(C)n1. The van der Waals surface area contributed by atoms with Gasteiger partial charge in [0.15, 0.2) is 0 Å². The van der Waals surface area contributed by atoms with Crippen molar-refractivity contribution < 1.29 is 4.79 Å². The minimum atomic E-state index is -0.0497. The van der Waals surface area contributed by atoms with Crippen LogP contribution in [0, 0.1) is 18.3 Å². The summed E-state index contributed by atoms with van der Waals surface area (Å²) in [5.41, 5.74) is 1.55. The summed E-state index contributed by atoms with van der Waals surface area (Å²) in [6.07, 6.45) is 1.86. The van der Waals surface area contributed by atoms with E-state index in [1.54, 1.807) is 19.1 Å². The predicted octanol–water partition coefficient (Wildman–Crippen LogP) is 2.52. The van der Waals surface area contributed by atoms with Crippen molar-refractivity contribution in [3.8, 4) is 6.07 Å². The lowest BCUT2D eigenvalue weighted by molar-refractivity contribution is 0.0749. The molecule has 0 aromatic carbocycles. The fourth-order valence-electron chi connectivity index (χ4n) is 1.82. The van der Waals surface area contributed by atoms with Crippen LogP contribution in [0.25, 0.3) is 0 Å². The van der Waals surface area contributed by atoms with Crippen molar-refractivity contribution in [2.75, 3.05) is 13.1 Å². The highest BCUT2D eigenvalue weighted by Gasteiger charge is 2.16. The standard InChI is InChI=1S/C14H19N3O/c1-4-8-17(9-5-2)14(18)13-7-6-12(10-15)11(3)16-13/h6-7H,4-5,8-9H2,1-3H3. The highest BCUT2D eigenvalue weighted by atomic mass is 16.2. The van der Waals surface area contributed by atoms with Crippen LogP contribution in [-0.4, -0.2) is 28.9 Å². The van der Waals surface area contributed by atoms with Gasteiger partial charge in [0.1, 0.15) is 11.8 Å². The Bertz CT molecular complexity index is 457. The van der Waals surface area contributed by atoms with Gasteiger partial charge >= 0.3 is 0 Å². The topological polar surface area (TPSA) is 57.0 Å². The Morgan fingerprint density at radius 1 is 1.33 bits per heavy atom. The van der Waals surface area contributed by atoms with Crippen LogP contribution >= 0.6 is 0 Å². The van der Waals surface area contributed by atoms with Crippen LogP contribution in [0.15, 0.2) is 12.1 Å². The molecule has 0 spiro atoms. The van der Waals surface area contributed by atoms with Crippen molar-refractivity contribution in [2.45, 2.75) is 33.6 Å². The second-order valence-corrected chi connectivity index (χ2v) is 4.23. The van der Waals surface area contributed by atoms with E-state index >= 15 is 0 Å². The van der Waals surface area contributed by atoms with Gasteiger partial charge in [-0.25, -0.2) is 4.98 Å². The van der Waals surface area contributed by atoms with Crippen molar-refractivity contribution >= 4 is 5.91 Å². The van der Waals surface area contributed by atoms with Gasteiger partial charge in [-0.1, -0.05) is 13.8 Å². The second kappa shape index (κ2) is 6.75. The van der Waals surface area contributed by atoms with Gasteiger partial charge in [0, 0.05) is 13.1 Å². The lowest BCUT2D eigenvalue weighted by atomic mass is 10.2. The lowest BCUT2D eigenvalue weighted by Gasteiger charge is -2.21. The molecule has 0 aliphatic heterocycles. The molecule has 0 unspecified atom stereocenters. The summed E-state index contributed by atoms with van der Waals surface area (Å²) in [5.74, 6) is -0.0497. The van der Waals surface area contributed by atoms with Gasteiger partial charge in [0.05, 0.1) is 11.3 Å². The van der Waals surface area contributed by atoms with Gasteiger partial charge in [0.2, 0.25) is 0 Å². The van der Waals surface area contributed by atoms with E-state index in [1.165, 1.54) is 0 Å². The third kappa shape index (κ3) is 3.30. The first kappa shape index (κ1) is 14.2. The van der Waals surface area contributed by atoms with Crippen LogP contribution in [0.2, 0.25) is 0 Å². The maximum Gasteiger partial charge on any atom is 0.272 e. The molecule has 0 aliphatic rings. The van der Waals surface area contributed by atoms with E-state index in [1.807, 2.05) is 18.7 Å². The number of aryl methyl sites for hydroxylation is 1. The molecule has 0 aliphatic carbocycles. The van der Waals surface area contributed by atoms with Crippen molar-refractivity contribution in [3.63, 3.8) is 0 Å². The first-order chi connectivity index (χ1) is 8.63. The summed E-state index contributed by atoms with van der Waals surface area (Å²) < 4.78 is 0. The number of carbonyl (C=O) groups is 1. The molecular formula is C14H19N3O. The van der Waals surface area contributed by atoms with Gasteiger partial charge < -0.3 is 4.90 Å². The van der Waals surface area contributed by atoms with Crippen LogP contribution < -0.4 is 0 Å². The average molecular weight is 245 g/mol. The number of hydrogen-bond acceptors (Lipinski definition) is 3. The first-order valence-electron chi connectivity index (χ1n) is 6.31. The molecule has 4 heteroatoms. The number of nitrogens with zero attached hydrogens (tertiary/aromatic N) is 3. The van der Waals surface area contributed by atoms with Gasteiger partial charge in [-0.15, -0.1) is 0 Å². The number of pyridine rings is 1. The Morgan fingerprint density at radius 2 is 1.94 bits per heavy atom. The zero-order valence-electron chi connectivity index (χ0n) is 11.2. The van der Waals surface area contributed by atoms with E-state index in [4.69, 9.17) is 5.26 Å². The van der Waals surface area contributed by atoms with E-state index < -0.39 is 0 Å². The van der Waals surface area contributed by atoms with E-state index in [0.717, 1.165) is 25.9 Å². The molecule has 0 bridgehead atoms. The summed E-state index contributed by atoms with van der Waals surface area (Å²) in [7, 11) is 0. The highest BCUT2D eigenvalue weighted by molar-refractivity contribution is 5.92. The summed E-state index contributed by atoms with van der Waals surface area (Å²) in [4.78, 5) is 18.3. The van der Waals surface area contributed by atoms with Crippen molar-refractivity contribution in [1.82, 2.24) is 9.88 Å². The summed E-state index contributed by atoms with van der Waals surface area (Å²) in [6.45, 7) is 7.33. The molecule has 0 N–H and O–H groups in total. The van der Waals surface area contributed by atoms with Crippen LogP contribution in [-0.2, 0) is 0 Å². The number of nitriles is 1. The lowest BCUT2D eigenvalue weighted by Crippen LogP contribution is -2.33. The van der Waals surface area contributed by atoms with Gasteiger partial charge in [-0.05, 0) is 31.9 Å². The fraction of sp³-hybridized carbons (Fsp3) is 0.500. The first-order valence-corrected chi connectivity index (χ1v) is 6.31. The molecule has 1 heterocycles. The van der Waals surface area contributed by atoms with E-state index in [-0.39, 0.29) is 5.91 Å². The van der Waals surface area contributed by atoms with E-state index in [2.05, 4.69) is 11.1 Å². The Balaban J connectivity index is 2.95. The van der Waals surface area contributed by atoms with Crippen LogP contribution in [0.1, 0.15) is 48.4 Å². The molecular weight excluding hydrogens is 226 g/mol. The van der Waals surface area contributed by atoms with E-state index in [9.17, 15) is 4.79 Å². The monoisotopic (exact) mass is 245 g/mol. The normalized spacial score (nSPS) is 9.89. The van der Waals surface area contributed by atoms with Crippen LogP contribution in [0.5, 0.6) is 0 Å². The quantitative estimate of drug-likeness (QED) is 0.801. The number of amides is 1. The fourth-order valence-corrected chi connectivity index (χ4v) is 1.82. The molecule has 1 aromatic heterocycles. The molecule has 0 saturated carbocycles.